The highest BCUT2D eigenvalue weighted by Crippen LogP contribution is 2.16. The van der Waals surface area contributed by atoms with Crippen molar-refractivity contribution in [2.45, 2.75) is 27.3 Å². The number of non-ortho nitro benzene ring substituents is 1. The molecule has 0 saturated heterocycles. The average molecular weight is 273 g/mol. The second-order valence-electron chi connectivity index (χ2n) is 4.68. The molecular weight excluding hydrogens is 258 g/mol. The van der Waals surface area contributed by atoms with Gasteiger partial charge in [-0.05, 0) is 26.3 Å². The van der Waals surface area contributed by atoms with Crippen molar-refractivity contribution in [2.75, 3.05) is 0 Å². The number of hydrogen-bond donors (Lipinski definition) is 0. The molecule has 2 aromatic rings. The number of nitrogens with zero attached hydrogens (tertiary/aromatic N) is 3. The lowest BCUT2D eigenvalue weighted by molar-refractivity contribution is -0.384. The Morgan fingerprint density at radius 2 is 2.05 bits per heavy atom. The summed E-state index contributed by atoms with van der Waals surface area (Å²) in [7, 11) is 0. The van der Waals surface area contributed by atoms with E-state index in [1.54, 1.807) is 10.7 Å². The molecule has 0 radical (unpaired) electrons. The highest BCUT2D eigenvalue weighted by Gasteiger charge is 2.14. The standard InChI is InChI=1S/C14H15N3O3/c1-9-10(2)15-16(11(9)3)8-14(18)12-5-4-6-13(7-12)17(19)20/h4-7H,8H2,1-3H3. The Hall–Kier alpha value is -2.50. The number of Topliss-reactive ketones (excluding diaryl/α,β-unsaturated/α-hetero) is 1. The third-order valence-electron chi connectivity index (χ3n) is 3.42. The summed E-state index contributed by atoms with van der Waals surface area (Å²) in [5.41, 5.74) is 3.11. The second-order valence-corrected chi connectivity index (χ2v) is 4.68. The van der Waals surface area contributed by atoms with Crippen LogP contribution in [0.1, 0.15) is 27.3 Å². The number of benzene rings is 1. The summed E-state index contributed by atoms with van der Waals surface area (Å²) in [6.07, 6.45) is 0. The summed E-state index contributed by atoms with van der Waals surface area (Å²) in [5, 5.41) is 15.0. The number of aromatic nitrogens is 2. The molecule has 6 nitrogen and oxygen atoms in total. The topological polar surface area (TPSA) is 78.0 Å². The van der Waals surface area contributed by atoms with Crippen molar-refractivity contribution >= 4 is 11.5 Å². The molecule has 1 aromatic heterocycles. The maximum Gasteiger partial charge on any atom is 0.270 e. The van der Waals surface area contributed by atoms with Gasteiger partial charge >= 0.3 is 0 Å². The zero-order valence-corrected chi connectivity index (χ0v) is 11.6. The molecule has 0 atom stereocenters. The molecule has 0 spiro atoms. The SMILES string of the molecule is Cc1nn(CC(=O)c2cccc([N+](=O)[O-])c2)c(C)c1C. The van der Waals surface area contributed by atoms with Gasteiger partial charge in [-0.2, -0.15) is 5.10 Å². The van der Waals surface area contributed by atoms with Gasteiger partial charge in [0.15, 0.2) is 5.78 Å². The number of hydrogen-bond acceptors (Lipinski definition) is 4. The van der Waals surface area contributed by atoms with E-state index in [9.17, 15) is 14.9 Å². The lowest BCUT2D eigenvalue weighted by atomic mass is 10.1. The van der Waals surface area contributed by atoms with E-state index in [0.717, 1.165) is 17.0 Å². The maximum atomic E-state index is 12.2. The second kappa shape index (κ2) is 5.24. The van der Waals surface area contributed by atoms with Crippen molar-refractivity contribution in [1.29, 1.82) is 0 Å². The Kier molecular flexibility index (Phi) is 3.65. The van der Waals surface area contributed by atoms with Crippen molar-refractivity contribution in [1.82, 2.24) is 9.78 Å². The molecule has 0 N–H and O–H groups in total. The molecule has 20 heavy (non-hydrogen) atoms. The summed E-state index contributed by atoms with van der Waals surface area (Å²) in [6, 6.07) is 5.75. The number of rotatable bonds is 4. The van der Waals surface area contributed by atoms with Crippen LogP contribution in [0, 0.1) is 30.9 Å². The molecule has 0 aliphatic heterocycles. The molecule has 2 rings (SSSR count). The molecule has 0 fully saturated rings. The molecule has 6 heteroatoms. The van der Waals surface area contributed by atoms with Gasteiger partial charge in [-0.25, -0.2) is 0 Å². The highest BCUT2D eigenvalue weighted by atomic mass is 16.6. The Morgan fingerprint density at radius 1 is 1.35 bits per heavy atom. The minimum Gasteiger partial charge on any atom is -0.292 e. The van der Waals surface area contributed by atoms with Crippen LogP contribution in [0.5, 0.6) is 0 Å². The summed E-state index contributed by atoms with van der Waals surface area (Å²) in [5.74, 6) is -0.195. The molecule has 0 saturated carbocycles. The Labute approximate surface area is 116 Å². The van der Waals surface area contributed by atoms with Crippen molar-refractivity contribution in [2.24, 2.45) is 0 Å². The maximum absolute atomic E-state index is 12.2. The van der Waals surface area contributed by atoms with Gasteiger partial charge in [0.25, 0.3) is 5.69 Å². The lowest BCUT2D eigenvalue weighted by Gasteiger charge is -2.04. The van der Waals surface area contributed by atoms with Crippen molar-refractivity contribution in [3.05, 3.63) is 56.9 Å². The quantitative estimate of drug-likeness (QED) is 0.487. The number of nitro benzene ring substituents is 1. The molecule has 1 aromatic carbocycles. The number of nitro groups is 1. The number of carbonyl (C=O) groups excluding carboxylic acids is 1. The average Bonchev–Trinajstić information content (AvgIpc) is 2.66. The fraction of sp³-hybridized carbons (Fsp3) is 0.286. The molecule has 0 unspecified atom stereocenters. The van der Waals surface area contributed by atoms with E-state index in [-0.39, 0.29) is 18.0 Å². The largest absolute Gasteiger partial charge is 0.292 e. The predicted octanol–water partition coefficient (Wildman–Crippen LogP) is 2.60. The molecule has 1 heterocycles. The Morgan fingerprint density at radius 3 is 2.60 bits per heavy atom. The normalized spacial score (nSPS) is 10.6. The van der Waals surface area contributed by atoms with E-state index in [1.807, 2.05) is 20.8 Å². The van der Waals surface area contributed by atoms with Crippen molar-refractivity contribution < 1.29 is 9.72 Å². The fourth-order valence-corrected chi connectivity index (χ4v) is 1.96. The molecule has 104 valence electrons. The van der Waals surface area contributed by atoms with Crippen LogP contribution in [0.15, 0.2) is 24.3 Å². The summed E-state index contributed by atoms with van der Waals surface area (Å²) in [4.78, 5) is 22.4. The molecule has 0 bridgehead atoms. The van der Waals surface area contributed by atoms with Crippen LogP contribution < -0.4 is 0 Å². The summed E-state index contributed by atoms with van der Waals surface area (Å²) >= 11 is 0. The van der Waals surface area contributed by atoms with Gasteiger partial charge in [0.2, 0.25) is 0 Å². The third kappa shape index (κ3) is 2.59. The highest BCUT2D eigenvalue weighted by molar-refractivity contribution is 5.96. The van der Waals surface area contributed by atoms with Gasteiger partial charge in [0.05, 0.1) is 10.6 Å². The van der Waals surface area contributed by atoms with E-state index in [2.05, 4.69) is 5.10 Å². The first kappa shape index (κ1) is 13.9. The Balaban J connectivity index is 2.26. The first-order chi connectivity index (χ1) is 9.40. The van der Waals surface area contributed by atoms with Crippen LogP contribution in [-0.2, 0) is 6.54 Å². The first-order valence-corrected chi connectivity index (χ1v) is 6.18. The zero-order valence-electron chi connectivity index (χ0n) is 11.6. The van der Waals surface area contributed by atoms with Crippen LogP contribution in [0.3, 0.4) is 0 Å². The van der Waals surface area contributed by atoms with Gasteiger partial charge in [0, 0.05) is 23.4 Å². The van der Waals surface area contributed by atoms with Crippen LogP contribution in [0.4, 0.5) is 5.69 Å². The van der Waals surface area contributed by atoms with Gasteiger partial charge in [-0.3, -0.25) is 19.6 Å². The zero-order chi connectivity index (χ0) is 14.9. The van der Waals surface area contributed by atoms with Gasteiger partial charge < -0.3 is 0 Å². The van der Waals surface area contributed by atoms with Gasteiger partial charge in [0.1, 0.15) is 6.54 Å². The minimum absolute atomic E-state index is 0.0830. The summed E-state index contributed by atoms with van der Waals surface area (Å²) in [6.45, 7) is 5.82. The van der Waals surface area contributed by atoms with Crippen molar-refractivity contribution in [3.8, 4) is 0 Å². The molecule has 0 aliphatic rings. The smallest absolute Gasteiger partial charge is 0.270 e. The van der Waals surface area contributed by atoms with E-state index in [0.29, 0.717) is 5.56 Å². The van der Waals surface area contributed by atoms with Crippen LogP contribution in [0.2, 0.25) is 0 Å². The number of aryl methyl sites for hydroxylation is 1. The lowest BCUT2D eigenvalue weighted by Crippen LogP contribution is -2.13. The molecule has 0 amide bonds. The van der Waals surface area contributed by atoms with Gasteiger partial charge in [-0.1, -0.05) is 12.1 Å². The van der Waals surface area contributed by atoms with Crippen LogP contribution in [-0.4, -0.2) is 20.5 Å². The van der Waals surface area contributed by atoms with E-state index in [4.69, 9.17) is 0 Å². The monoisotopic (exact) mass is 273 g/mol. The fourth-order valence-electron chi connectivity index (χ4n) is 1.96. The Bertz CT molecular complexity index is 689. The minimum atomic E-state index is -0.510. The van der Waals surface area contributed by atoms with Crippen LogP contribution in [0.25, 0.3) is 0 Å². The molecular formula is C14H15N3O3. The number of ketones is 1. The van der Waals surface area contributed by atoms with Crippen molar-refractivity contribution in [3.63, 3.8) is 0 Å². The van der Waals surface area contributed by atoms with E-state index >= 15 is 0 Å². The first-order valence-electron chi connectivity index (χ1n) is 6.18. The summed E-state index contributed by atoms with van der Waals surface area (Å²) < 4.78 is 1.63. The predicted molar refractivity (Wildman–Crippen MR) is 73.9 cm³/mol. The van der Waals surface area contributed by atoms with Crippen LogP contribution >= 0.6 is 0 Å². The van der Waals surface area contributed by atoms with E-state index in [1.165, 1.54) is 18.2 Å². The van der Waals surface area contributed by atoms with Gasteiger partial charge in [-0.15, -0.1) is 0 Å². The molecule has 0 aliphatic carbocycles. The number of carbonyl (C=O) groups is 1. The third-order valence-corrected chi connectivity index (χ3v) is 3.42. The van der Waals surface area contributed by atoms with E-state index < -0.39 is 4.92 Å².